The number of para-hydroxylation sites is 1. The number of hydrogen-bond donors (Lipinski definition) is 2. The van der Waals surface area contributed by atoms with Gasteiger partial charge < -0.3 is 5.43 Å². The fraction of sp³-hybridized carbons (Fsp3) is 0.571. The first-order valence-electron chi connectivity index (χ1n) is 9.92. The minimum absolute atomic E-state index is 0.161. The Morgan fingerprint density at radius 3 is 2.42 bits per heavy atom. The van der Waals surface area contributed by atoms with Crippen LogP contribution in [-0.4, -0.2) is 36.9 Å². The van der Waals surface area contributed by atoms with E-state index >= 15 is 0 Å². The maximum Gasteiger partial charge on any atom is 0.165 e. The van der Waals surface area contributed by atoms with Gasteiger partial charge in [-0.05, 0) is 82.2 Å². The zero-order chi connectivity index (χ0) is 18.5. The van der Waals surface area contributed by atoms with E-state index in [1.807, 2.05) is 12.1 Å². The van der Waals surface area contributed by atoms with E-state index in [-0.39, 0.29) is 6.04 Å². The number of hydrazine groups is 1. The molecule has 3 N–H and O–H groups in total. The SMILES string of the molecule is CNN=C(C(C1=CCCCC1)N1CCCC1)N(N)c1c(C)cccc1C. The minimum Gasteiger partial charge on any atom is -0.311 e. The Kier molecular flexibility index (Phi) is 6.33. The van der Waals surface area contributed by atoms with E-state index in [4.69, 9.17) is 5.84 Å². The summed E-state index contributed by atoms with van der Waals surface area (Å²) < 4.78 is 0. The van der Waals surface area contributed by atoms with E-state index in [0.29, 0.717) is 0 Å². The second-order valence-electron chi connectivity index (χ2n) is 7.47. The maximum absolute atomic E-state index is 6.71. The summed E-state index contributed by atoms with van der Waals surface area (Å²) in [6, 6.07) is 6.47. The van der Waals surface area contributed by atoms with Crippen LogP contribution in [0.2, 0.25) is 0 Å². The molecule has 0 bridgehead atoms. The van der Waals surface area contributed by atoms with Gasteiger partial charge in [0, 0.05) is 7.05 Å². The second kappa shape index (κ2) is 8.69. The molecular formula is C21H33N5. The quantitative estimate of drug-likeness (QED) is 0.279. The normalized spacial score (nSPS) is 20.0. The first-order chi connectivity index (χ1) is 12.6. The Hall–Kier alpha value is -1.85. The van der Waals surface area contributed by atoms with Crippen LogP contribution in [0.1, 0.15) is 49.7 Å². The van der Waals surface area contributed by atoms with Crippen LogP contribution in [0.15, 0.2) is 34.9 Å². The molecule has 142 valence electrons. The average molecular weight is 356 g/mol. The Morgan fingerprint density at radius 1 is 1.15 bits per heavy atom. The Morgan fingerprint density at radius 2 is 1.85 bits per heavy atom. The molecule has 0 saturated carbocycles. The summed E-state index contributed by atoms with van der Waals surface area (Å²) in [6.45, 7) is 6.46. The zero-order valence-electron chi connectivity index (χ0n) is 16.5. The summed E-state index contributed by atoms with van der Waals surface area (Å²) in [6.07, 6.45) is 9.80. The van der Waals surface area contributed by atoms with Crippen LogP contribution in [0.5, 0.6) is 0 Å². The summed E-state index contributed by atoms with van der Waals surface area (Å²) in [5, 5.41) is 6.51. The standard InChI is InChI=1S/C21H33N5/c1-16-10-9-11-17(2)19(16)26(22)21(24-23-3)20(25-14-7-8-15-25)18-12-5-4-6-13-18/h9-12,20,23H,4-8,13-15,22H2,1-3H3. The van der Waals surface area contributed by atoms with Crippen molar-refractivity contribution in [2.45, 2.75) is 58.4 Å². The lowest BCUT2D eigenvalue weighted by Gasteiger charge is -2.36. The summed E-state index contributed by atoms with van der Waals surface area (Å²) >= 11 is 0. The molecule has 1 aliphatic carbocycles. The third-order valence-electron chi connectivity index (χ3n) is 5.58. The highest BCUT2D eigenvalue weighted by Gasteiger charge is 2.33. The number of allylic oxidation sites excluding steroid dienone is 1. The van der Waals surface area contributed by atoms with Crippen molar-refractivity contribution in [3.8, 4) is 0 Å². The van der Waals surface area contributed by atoms with Crippen LogP contribution < -0.4 is 16.3 Å². The molecule has 1 saturated heterocycles. The van der Waals surface area contributed by atoms with E-state index in [2.05, 4.69) is 53.5 Å². The number of nitrogens with two attached hydrogens (primary N) is 1. The molecular weight excluding hydrogens is 322 g/mol. The third kappa shape index (κ3) is 3.94. The van der Waals surface area contributed by atoms with Crippen molar-refractivity contribution >= 4 is 11.5 Å². The highest BCUT2D eigenvalue weighted by molar-refractivity contribution is 6.03. The van der Waals surface area contributed by atoms with E-state index in [1.165, 1.54) is 48.8 Å². The lowest BCUT2D eigenvalue weighted by atomic mass is 9.92. The summed E-state index contributed by atoms with van der Waals surface area (Å²) in [7, 11) is 1.86. The van der Waals surface area contributed by atoms with Gasteiger partial charge in [-0.25, -0.2) is 5.84 Å². The molecule has 1 unspecified atom stereocenters. The van der Waals surface area contributed by atoms with Gasteiger partial charge in [0.15, 0.2) is 5.84 Å². The largest absolute Gasteiger partial charge is 0.311 e. The van der Waals surface area contributed by atoms with Crippen molar-refractivity contribution in [2.75, 3.05) is 25.1 Å². The molecule has 3 rings (SSSR count). The van der Waals surface area contributed by atoms with Crippen molar-refractivity contribution in [2.24, 2.45) is 10.9 Å². The first kappa shape index (κ1) is 18.9. The molecule has 0 spiro atoms. The minimum atomic E-state index is 0.161. The molecule has 0 amide bonds. The van der Waals surface area contributed by atoms with Crippen LogP contribution in [-0.2, 0) is 0 Å². The van der Waals surface area contributed by atoms with Crippen LogP contribution >= 0.6 is 0 Å². The van der Waals surface area contributed by atoms with Crippen molar-refractivity contribution in [3.63, 3.8) is 0 Å². The van der Waals surface area contributed by atoms with Gasteiger partial charge in [0.2, 0.25) is 0 Å². The number of benzene rings is 1. The van der Waals surface area contributed by atoms with Crippen molar-refractivity contribution in [1.82, 2.24) is 10.3 Å². The molecule has 1 aromatic carbocycles. The van der Waals surface area contributed by atoms with E-state index in [9.17, 15) is 0 Å². The van der Waals surface area contributed by atoms with E-state index in [1.54, 1.807) is 0 Å². The van der Waals surface area contributed by atoms with Gasteiger partial charge in [0.05, 0.1) is 11.7 Å². The Bertz CT molecular complexity index is 653. The van der Waals surface area contributed by atoms with Gasteiger partial charge in [-0.15, -0.1) is 0 Å². The molecule has 1 atom stereocenters. The lowest BCUT2D eigenvalue weighted by molar-refractivity contribution is 0.316. The third-order valence-corrected chi connectivity index (χ3v) is 5.58. The number of nitrogens with zero attached hydrogens (tertiary/aromatic N) is 3. The predicted molar refractivity (Wildman–Crippen MR) is 110 cm³/mol. The smallest absolute Gasteiger partial charge is 0.165 e. The number of nitrogens with one attached hydrogen (secondary N) is 1. The number of anilines is 1. The van der Waals surface area contributed by atoms with Gasteiger partial charge in [0.25, 0.3) is 0 Å². The highest BCUT2D eigenvalue weighted by Crippen LogP contribution is 2.30. The first-order valence-corrected chi connectivity index (χ1v) is 9.92. The van der Waals surface area contributed by atoms with Gasteiger partial charge in [0.1, 0.15) is 0 Å². The number of hydrazone groups is 1. The molecule has 1 aromatic rings. The fourth-order valence-corrected chi connectivity index (χ4v) is 4.34. The number of amidine groups is 1. The van der Waals surface area contributed by atoms with E-state index < -0.39 is 0 Å². The highest BCUT2D eigenvalue weighted by atomic mass is 15.5. The number of aryl methyl sites for hydroxylation is 2. The summed E-state index contributed by atoms with van der Waals surface area (Å²) in [5.74, 6) is 7.61. The fourth-order valence-electron chi connectivity index (χ4n) is 4.34. The predicted octanol–water partition coefficient (Wildman–Crippen LogP) is 3.48. The number of rotatable bonds is 5. The monoisotopic (exact) mass is 355 g/mol. The Balaban J connectivity index is 2.02. The molecule has 2 aliphatic rings. The Labute approximate surface area is 157 Å². The van der Waals surface area contributed by atoms with Crippen molar-refractivity contribution in [3.05, 3.63) is 41.0 Å². The van der Waals surface area contributed by atoms with Gasteiger partial charge in [-0.2, -0.15) is 5.10 Å². The molecule has 1 aliphatic heterocycles. The summed E-state index contributed by atoms with van der Waals surface area (Å²) in [4.78, 5) is 2.56. The van der Waals surface area contributed by atoms with Crippen LogP contribution in [0.3, 0.4) is 0 Å². The molecule has 1 heterocycles. The van der Waals surface area contributed by atoms with Gasteiger partial charge in [-0.1, -0.05) is 24.3 Å². The zero-order valence-corrected chi connectivity index (χ0v) is 16.5. The van der Waals surface area contributed by atoms with Crippen LogP contribution in [0.4, 0.5) is 5.69 Å². The molecule has 0 radical (unpaired) electrons. The maximum atomic E-state index is 6.71. The van der Waals surface area contributed by atoms with Crippen LogP contribution in [0, 0.1) is 13.8 Å². The molecule has 5 nitrogen and oxygen atoms in total. The number of likely N-dealkylation sites (tertiary alicyclic amines) is 1. The molecule has 26 heavy (non-hydrogen) atoms. The lowest BCUT2D eigenvalue weighted by Crippen LogP contribution is -2.53. The summed E-state index contributed by atoms with van der Waals surface area (Å²) in [5.41, 5.74) is 7.90. The van der Waals surface area contributed by atoms with Crippen molar-refractivity contribution in [1.29, 1.82) is 0 Å². The molecule has 1 fully saturated rings. The van der Waals surface area contributed by atoms with Gasteiger partial charge in [-0.3, -0.25) is 9.91 Å². The van der Waals surface area contributed by atoms with Crippen LogP contribution in [0.25, 0.3) is 0 Å². The molecule has 5 heteroatoms. The topological polar surface area (TPSA) is 56.9 Å². The van der Waals surface area contributed by atoms with Gasteiger partial charge >= 0.3 is 0 Å². The molecule has 0 aromatic heterocycles. The van der Waals surface area contributed by atoms with Crippen molar-refractivity contribution < 1.29 is 0 Å². The second-order valence-corrected chi connectivity index (χ2v) is 7.47. The average Bonchev–Trinajstić information content (AvgIpc) is 3.16. The number of hydrogen-bond acceptors (Lipinski definition) is 4. The van der Waals surface area contributed by atoms with E-state index in [0.717, 1.165) is 31.0 Å².